The lowest BCUT2D eigenvalue weighted by molar-refractivity contribution is -0.366. The highest BCUT2D eigenvalue weighted by molar-refractivity contribution is 5.79. The van der Waals surface area contributed by atoms with Crippen LogP contribution in [0.2, 0.25) is 0 Å². The van der Waals surface area contributed by atoms with Gasteiger partial charge in [0.15, 0.2) is 18.7 Å². The van der Waals surface area contributed by atoms with Gasteiger partial charge < -0.3 is 84.6 Å². The molecule has 0 spiro atoms. The van der Waals surface area contributed by atoms with E-state index in [-0.39, 0.29) is 52.3 Å². The maximum Gasteiger partial charge on any atom is 0.335 e. The summed E-state index contributed by atoms with van der Waals surface area (Å²) < 4.78 is 35.4. The largest absolute Gasteiger partial charge is 0.479 e. The van der Waals surface area contributed by atoms with Gasteiger partial charge in [-0.1, -0.05) is 60.1 Å². The zero-order valence-corrected chi connectivity index (χ0v) is 39.0. The SMILES string of the molecule is C[C@H]1[C@H](C)[C@@H](O)C[C@]2(C(=O)O[C@H]3O[C@@H](CO)[C@H](O)[C@@H](O)[C@@H]3O)CC[C@]3(C)C(=CC[C@@H]4[C@@]5(C)CC[C@@H](O[C@H]6O[C@@H](C(=O)O)[C@H](O)[C@@H](O)[C@@H]6O[C@H]6OC[C@H](O)[C@@H](O)[C@@H]6O)C(C)(C)[C@H]5CC[C@]43C)[C@H]12. The minimum Gasteiger partial charge on any atom is -0.479 e. The summed E-state index contributed by atoms with van der Waals surface area (Å²) in [6, 6.07) is 0. The van der Waals surface area contributed by atoms with E-state index in [2.05, 4.69) is 47.6 Å². The van der Waals surface area contributed by atoms with Gasteiger partial charge in [-0.2, -0.15) is 0 Å². The van der Waals surface area contributed by atoms with Crippen molar-refractivity contribution in [3.8, 4) is 0 Å². The van der Waals surface area contributed by atoms with E-state index in [1.165, 1.54) is 0 Å². The van der Waals surface area contributed by atoms with Crippen LogP contribution in [0.1, 0.15) is 99.8 Å². The summed E-state index contributed by atoms with van der Waals surface area (Å²) in [6.07, 6.45) is -17.5. The predicted molar refractivity (Wildman–Crippen MR) is 226 cm³/mol. The molecule has 5 aliphatic carbocycles. The van der Waals surface area contributed by atoms with Crippen LogP contribution in [0, 0.1) is 56.7 Å². The molecule has 0 amide bonds. The number of hydrogen-bond acceptors (Lipinski definition) is 18. The van der Waals surface area contributed by atoms with E-state index in [0.29, 0.717) is 32.1 Å². The molecule has 25 atom stereocenters. The average molecular weight is 943 g/mol. The van der Waals surface area contributed by atoms with Gasteiger partial charge in [0.1, 0.15) is 61.0 Å². The Bertz CT molecular complexity index is 1850. The number of carboxylic acid groups (broad SMARTS) is 1. The van der Waals surface area contributed by atoms with E-state index in [9.17, 15) is 65.8 Å². The molecule has 19 heteroatoms. The van der Waals surface area contributed by atoms with Crippen molar-refractivity contribution in [1.29, 1.82) is 0 Å². The van der Waals surface area contributed by atoms with Gasteiger partial charge in [-0.3, -0.25) is 4.79 Å². The molecular weight excluding hydrogens is 868 g/mol. The Hall–Kier alpha value is -1.92. The number of allylic oxidation sites excluding steroid dienone is 2. The van der Waals surface area contributed by atoms with Crippen molar-refractivity contribution in [1.82, 2.24) is 0 Å². The molecule has 3 aliphatic heterocycles. The summed E-state index contributed by atoms with van der Waals surface area (Å²) in [5, 5.41) is 116. The van der Waals surface area contributed by atoms with Gasteiger partial charge in [-0.05, 0) is 103 Å². The monoisotopic (exact) mass is 942 g/mol. The lowest BCUT2D eigenvalue weighted by Gasteiger charge is -2.71. The summed E-state index contributed by atoms with van der Waals surface area (Å²) >= 11 is 0. The number of rotatable bonds is 8. The van der Waals surface area contributed by atoms with E-state index in [1.807, 2.05) is 6.92 Å². The normalized spacial score (nSPS) is 54.7. The molecule has 376 valence electrons. The van der Waals surface area contributed by atoms with E-state index in [4.69, 9.17) is 28.4 Å². The van der Waals surface area contributed by atoms with E-state index < -0.39 is 134 Å². The number of ether oxygens (including phenoxy) is 6. The first-order chi connectivity index (χ1) is 30.8. The van der Waals surface area contributed by atoms with Crippen molar-refractivity contribution < 1.29 is 94.2 Å². The lowest BCUT2D eigenvalue weighted by Crippen LogP contribution is -2.67. The fraction of sp³-hybridized carbons (Fsp3) is 0.915. The Morgan fingerprint density at radius 3 is 2.06 bits per heavy atom. The maximum absolute atomic E-state index is 14.7. The fourth-order valence-corrected chi connectivity index (χ4v) is 15.0. The van der Waals surface area contributed by atoms with E-state index >= 15 is 0 Å². The van der Waals surface area contributed by atoms with Gasteiger partial charge >= 0.3 is 11.9 Å². The first kappa shape index (κ1) is 50.5. The van der Waals surface area contributed by atoms with Crippen LogP contribution in [0.3, 0.4) is 0 Å². The van der Waals surface area contributed by atoms with Gasteiger partial charge in [0.2, 0.25) is 6.29 Å². The zero-order chi connectivity index (χ0) is 48.4. The third-order valence-corrected chi connectivity index (χ3v) is 19.3. The van der Waals surface area contributed by atoms with Crippen molar-refractivity contribution in [3.05, 3.63) is 11.6 Å². The number of fused-ring (bicyclic) bond motifs is 7. The molecule has 8 aliphatic rings. The summed E-state index contributed by atoms with van der Waals surface area (Å²) in [4.78, 5) is 27.0. The average Bonchev–Trinajstić information content (AvgIpc) is 3.26. The van der Waals surface area contributed by atoms with Crippen molar-refractivity contribution in [2.45, 2.75) is 198 Å². The molecule has 3 saturated heterocycles. The van der Waals surface area contributed by atoms with Gasteiger partial charge in [-0.15, -0.1) is 0 Å². The van der Waals surface area contributed by atoms with Gasteiger partial charge in [0.05, 0.1) is 30.8 Å². The molecule has 0 radical (unpaired) electrons. The Labute approximate surface area is 385 Å². The second-order valence-corrected chi connectivity index (χ2v) is 22.6. The number of aliphatic hydroxyl groups excluding tert-OH is 10. The van der Waals surface area contributed by atoms with Crippen LogP contribution in [0.15, 0.2) is 11.6 Å². The highest BCUT2D eigenvalue weighted by Crippen LogP contribution is 2.76. The van der Waals surface area contributed by atoms with Crippen LogP contribution in [0.25, 0.3) is 0 Å². The number of esters is 1. The topological polar surface area (TPSA) is 312 Å². The number of carbonyl (C=O) groups is 2. The van der Waals surface area contributed by atoms with Gasteiger partial charge in [0.25, 0.3) is 0 Å². The molecular formula is C47H74O19. The summed E-state index contributed by atoms with van der Waals surface area (Å²) in [5.41, 5.74) is -1.46. The molecule has 3 heterocycles. The van der Waals surface area contributed by atoms with Crippen molar-refractivity contribution in [3.63, 3.8) is 0 Å². The number of aliphatic carboxylic acids is 1. The van der Waals surface area contributed by atoms with Crippen LogP contribution in [0.4, 0.5) is 0 Å². The molecule has 0 bridgehead atoms. The van der Waals surface area contributed by atoms with Gasteiger partial charge in [-0.25, -0.2) is 4.79 Å². The number of carbonyl (C=O) groups excluding carboxylic acids is 1. The molecule has 7 fully saturated rings. The second-order valence-electron chi connectivity index (χ2n) is 22.6. The number of hydrogen-bond donors (Lipinski definition) is 11. The predicted octanol–water partition coefficient (Wildman–Crippen LogP) is -0.301. The molecule has 11 N–H and O–H groups in total. The number of aliphatic hydroxyl groups is 10. The summed E-state index contributed by atoms with van der Waals surface area (Å²) in [5.74, 6) is -2.58. The Morgan fingerprint density at radius 2 is 1.39 bits per heavy atom. The second kappa shape index (κ2) is 17.7. The zero-order valence-electron chi connectivity index (χ0n) is 39.0. The fourth-order valence-electron chi connectivity index (χ4n) is 15.0. The third kappa shape index (κ3) is 7.56. The molecule has 0 aromatic heterocycles. The molecule has 0 aromatic carbocycles. The molecule has 8 rings (SSSR count). The first-order valence-electron chi connectivity index (χ1n) is 23.9. The van der Waals surface area contributed by atoms with Crippen LogP contribution in [0.5, 0.6) is 0 Å². The third-order valence-electron chi connectivity index (χ3n) is 19.3. The maximum atomic E-state index is 14.7. The van der Waals surface area contributed by atoms with Gasteiger partial charge in [0, 0.05) is 0 Å². The molecule has 66 heavy (non-hydrogen) atoms. The van der Waals surface area contributed by atoms with Crippen molar-refractivity contribution in [2.24, 2.45) is 56.7 Å². The van der Waals surface area contributed by atoms with Crippen molar-refractivity contribution in [2.75, 3.05) is 13.2 Å². The van der Waals surface area contributed by atoms with Crippen LogP contribution < -0.4 is 0 Å². The highest BCUT2D eigenvalue weighted by Gasteiger charge is 2.71. The minimum atomic E-state index is -1.93. The van der Waals surface area contributed by atoms with Crippen LogP contribution >= 0.6 is 0 Å². The summed E-state index contributed by atoms with van der Waals surface area (Å²) in [7, 11) is 0. The van der Waals surface area contributed by atoms with Crippen molar-refractivity contribution >= 4 is 11.9 Å². The van der Waals surface area contributed by atoms with Crippen LogP contribution in [-0.4, -0.2) is 180 Å². The molecule has 0 aromatic rings. The Balaban J connectivity index is 1.06. The Kier molecular flexibility index (Phi) is 13.6. The lowest BCUT2D eigenvalue weighted by atomic mass is 9.33. The Morgan fingerprint density at radius 1 is 0.712 bits per heavy atom. The van der Waals surface area contributed by atoms with Crippen LogP contribution in [-0.2, 0) is 38.0 Å². The minimum absolute atomic E-state index is 0.0780. The standard InChI is InChI=1S/C47H74O19/c1-19-20(2)28-21-8-9-26-44(5)12-11-27(63-41-37(33(55)32(54)36(64-41)38(58)59)65-39-34(56)29(51)23(50)18-61-39)43(3,4)25(44)10-13-46(26,7)45(21,6)14-15-47(28,16-22(19)49)42(60)66-40-35(57)31(53)30(52)24(17-48)62-40/h8,19-20,22-37,39-41,48-57H,9-18H2,1-7H3,(H,58,59)/t19-,20-,22-,23-,24-,25+,26+,27+,28-,29+,30-,31+,32+,33+,34-,35-,36+,37-,39+,40+,41-,44-,45+,46+,47+/m0/s1. The highest BCUT2D eigenvalue weighted by atomic mass is 16.8. The smallest absolute Gasteiger partial charge is 0.335 e. The van der Waals surface area contributed by atoms with E-state index in [0.717, 1.165) is 18.4 Å². The quantitative estimate of drug-likeness (QED) is 0.0846. The van der Waals surface area contributed by atoms with E-state index in [1.54, 1.807) is 0 Å². The summed E-state index contributed by atoms with van der Waals surface area (Å²) in [6.45, 7) is 14.3. The first-order valence-corrected chi connectivity index (χ1v) is 23.9. The molecule has 19 nitrogen and oxygen atoms in total. The molecule has 4 saturated carbocycles. The number of carboxylic acids is 1. The molecule has 0 unspecified atom stereocenters.